The zero-order chi connectivity index (χ0) is 24.2. The molecular weight excluding hydrogens is 454 g/mol. The lowest BCUT2D eigenvalue weighted by Gasteiger charge is -2.30. The van der Waals surface area contributed by atoms with Crippen molar-refractivity contribution in [3.63, 3.8) is 0 Å². The van der Waals surface area contributed by atoms with E-state index in [1.54, 1.807) is 0 Å². The van der Waals surface area contributed by atoms with E-state index < -0.39 is 0 Å². The Morgan fingerprint density at radius 3 is 2.09 bits per heavy atom. The van der Waals surface area contributed by atoms with Crippen LogP contribution in [0.3, 0.4) is 0 Å². The number of hydrogen-bond donors (Lipinski definition) is 0. The highest BCUT2D eigenvalue weighted by molar-refractivity contribution is 8.00. The van der Waals surface area contributed by atoms with Gasteiger partial charge in [0.15, 0.2) is 0 Å². The van der Waals surface area contributed by atoms with Gasteiger partial charge in [0.1, 0.15) is 5.82 Å². The number of aryl methyl sites for hydroxylation is 1. The van der Waals surface area contributed by atoms with Gasteiger partial charge in [-0.15, -0.1) is 11.8 Å². The summed E-state index contributed by atoms with van der Waals surface area (Å²) >= 11 is 1.53. The molecule has 0 bridgehead atoms. The summed E-state index contributed by atoms with van der Waals surface area (Å²) in [4.78, 5) is 34.5. The summed E-state index contributed by atoms with van der Waals surface area (Å²) in [5.41, 5.74) is 3.49. The predicted octanol–water partition coefficient (Wildman–Crippen LogP) is 4.87. The van der Waals surface area contributed by atoms with Crippen LogP contribution < -0.4 is 5.56 Å². The number of aromatic nitrogens is 2. The SMILES string of the molecule is Cc1nc2c(c(=O)n1C(c1ccccc1)c1ccccc1)CCN(C(=O)CSc1ccccc1)C2. The van der Waals surface area contributed by atoms with Crippen LogP contribution in [0.2, 0.25) is 0 Å². The third kappa shape index (κ3) is 4.93. The molecule has 0 fully saturated rings. The van der Waals surface area contributed by atoms with Crippen molar-refractivity contribution in [3.8, 4) is 0 Å². The van der Waals surface area contributed by atoms with Gasteiger partial charge in [-0.3, -0.25) is 14.2 Å². The van der Waals surface area contributed by atoms with E-state index in [4.69, 9.17) is 4.98 Å². The number of hydrogen-bond acceptors (Lipinski definition) is 4. The van der Waals surface area contributed by atoms with Crippen LogP contribution in [-0.2, 0) is 17.8 Å². The van der Waals surface area contributed by atoms with Crippen LogP contribution >= 0.6 is 11.8 Å². The lowest BCUT2D eigenvalue weighted by molar-refractivity contribution is -0.129. The lowest BCUT2D eigenvalue weighted by atomic mass is 9.97. The predicted molar refractivity (Wildman–Crippen MR) is 140 cm³/mol. The van der Waals surface area contributed by atoms with E-state index in [0.29, 0.717) is 42.3 Å². The molecule has 4 aromatic rings. The molecule has 1 amide bonds. The number of benzene rings is 3. The van der Waals surface area contributed by atoms with Gasteiger partial charge in [0, 0.05) is 17.0 Å². The van der Waals surface area contributed by atoms with E-state index in [1.807, 2.05) is 107 Å². The van der Waals surface area contributed by atoms with Crippen molar-refractivity contribution in [1.82, 2.24) is 14.5 Å². The van der Waals surface area contributed by atoms with E-state index in [1.165, 1.54) is 11.8 Å². The molecule has 5 nitrogen and oxygen atoms in total. The van der Waals surface area contributed by atoms with Crippen molar-refractivity contribution in [2.24, 2.45) is 0 Å². The second-order valence-electron chi connectivity index (χ2n) is 8.65. The maximum Gasteiger partial charge on any atom is 0.257 e. The largest absolute Gasteiger partial charge is 0.336 e. The summed E-state index contributed by atoms with van der Waals surface area (Å²) in [7, 11) is 0. The third-order valence-electron chi connectivity index (χ3n) is 6.39. The highest BCUT2D eigenvalue weighted by Crippen LogP contribution is 2.27. The Bertz CT molecular complexity index is 1330. The van der Waals surface area contributed by atoms with Gasteiger partial charge in [-0.2, -0.15) is 0 Å². The molecule has 6 heteroatoms. The van der Waals surface area contributed by atoms with Gasteiger partial charge in [0.2, 0.25) is 5.91 Å². The summed E-state index contributed by atoms with van der Waals surface area (Å²) in [6.07, 6.45) is 0.513. The number of thioether (sulfide) groups is 1. The fourth-order valence-corrected chi connectivity index (χ4v) is 5.47. The lowest BCUT2D eigenvalue weighted by Crippen LogP contribution is -2.42. The Hall–Kier alpha value is -3.64. The normalized spacial score (nSPS) is 13.0. The molecule has 2 heterocycles. The van der Waals surface area contributed by atoms with Crippen LogP contribution in [-0.4, -0.2) is 32.7 Å². The molecule has 0 spiro atoms. The van der Waals surface area contributed by atoms with E-state index in [-0.39, 0.29) is 17.5 Å². The Kier molecular flexibility index (Phi) is 6.82. The van der Waals surface area contributed by atoms with E-state index in [2.05, 4.69) is 0 Å². The van der Waals surface area contributed by atoms with Crippen molar-refractivity contribution in [1.29, 1.82) is 0 Å². The Labute approximate surface area is 209 Å². The smallest absolute Gasteiger partial charge is 0.257 e. The van der Waals surface area contributed by atoms with Gasteiger partial charge >= 0.3 is 0 Å². The Morgan fingerprint density at radius 1 is 0.914 bits per heavy atom. The molecule has 176 valence electrons. The first-order chi connectivity index (χ1) is 17.1. The number of rotatable bonds is 6. The first-order valence-electron chi connectivity index (χ1n) is 11.8. The quantitative estimate of drug-likeness (QED) is 0.369. The first kappa shape index (κ1) is 23.1. The number of carbonyl (C=O) groups excluding carboxylic acids is 1. The zero-order valence-corrected chi connectivity index (χ0v) is 20.4. The fourth-order valence-electron chi connectivity index (χ4n) is 4.65. The number of amides is 1. The standard InChI is InChI=1S/C29H27N3O2S/c1-21-30-26-19-31(27(33)20-35-24-15-9-4-10-16-24)18-17-25(26)29(34)32(21)28(22-11-5-2-6-12-22)23-13-7-3-8-14-23/h2-16,28H,17-20H2,1H3. The molecule has 3 aromatic carbocycles. The van der Waals surface area contributed by atoms with Crippen LogP contribution in [0.1, 0.15) is 34.3 Å². The van der Waals surface area contributed by atoms with Crippen molar-refractivity contribution in [2.75, 3.05) is 12.3 Å². The van der Waals surface area contributed by atoms with Gasteiger partial charge in [-0.1, -0.05) is 78.9 Å². The molecule has 0 atom stereocenters. The summed E-state index contributed by atoms with van der Waals surface area (Å²) in [5.74, 6) is 1.10. The Balaban J connectivity index is 1.44. The second-order valence-corrected chi connectivity index (χ2v) is 9.70. The van der Waals surface area contributed by atoms with Crippen LogP contribution in [0.5, 0.6) is 0 Å². The number of carbonyl (C=O) groups is 1. The van der Waals surface area contributed by atoms with E-state index in [9.17, 15) is 9.59 Å². The summed E-state index contributed by atoms with van der Waals surface area (Å²) in [6, 6.07) is 29.8. The summed E-state index contributed by atoms with van der Waals surface area (Å²) in [6.45, 7) is 2.79. The minimum Gasteiger partial charge on any atom is -0.336 e. The fraction of sp³-hybridized carbons (Fsp3) is 0.207. The maximum absolute atomic E-state index is 13.8. The van der Waals surface area contributed by atoms with Crippen molar-refractivity contribution in [2.45, 2.75) is 30.8 Å². The van der Waals surface area contributed by atoms with Gasteiger partial charge in [-0.25, -0.2) is 4.98 Å². The molecule has 35 heavy (non-hydrogen) atoms. The third-order valence-corrected chi connectivity index (χ3v) is 7.39. The molecule has 0 N–H and O–H groups in total. The van der Waals surface area contributed by atoms with Crippen LogP contribution in [0.25, 0.3) is 0 Å². The van der Waals surface area contributed by atoms with Crippen LogP contribution in [0, 0.1) is 6.92 Å². The zero-order valence-electron chi connectivity index (χ0n) is 19.6. The molecule has 0 radical (unpaired) electrons. The average Bonchev–Trinajstić information content (AvgIpc) is 2.91. The maximum atomic E-state index is 13.8. The molecule has 5 rings (SSSR count). The van der Waals surface area contributed by atoms with Crippen molar-refractivity contribution >= 4 is 17.7 Å². The summed E-state index contributed by atoms with van der Waals surface area (Å²) in [5, 5.41) is 0. The molecular formula is C29H27N3O2S. The Morgan fingerprint density at radius 2 is 1.49 bits per heavy atom. The number of nitrogens with zero attached hydrogens (tertiary/aromatic N) is 3. The second kappa shape index (κ2) is 10.3. The summed E-state index contributed by atoms with van der Waals surface area (Å²) < 4.78 is 1.81. The monoisotopic (exact) mass is 481 g/mol. The molecule has 0 saturated heterocycles. The van der Waals surface area contributed by atoms with Gasteiger partial charge in [0.25, 0.3) is 5.56 Å². The minimum absolute atomic E-state index is 0.0176. The van der Waals surface area contributed by atoms with E-state index >= 15 is 0 Å². The molecule has 0 saturated carbocycles. The van der Waals surface area contributed by atoms with Gasteiger partial charge in [-0.05, 0) is 36.6 Å². The molecule has 1 aromatic heterocycles. The van der Waals surface area contributed by atoms with Crippen LogP contribution in [0.4, 0.5) is 0 Å². The number of fused-ring (bicyclic) bond motifs is 1. The average molecular weight is 482 g/mol. The molecule has 0 aliphatic carbocycles. The highest BCUT2D eigenvalue weighted by Gasteiger charge is 2.28. The van der Waals surface area contributed by atoms with E-state index in [0.717, 1.165) is 16.0 Å². The topological polar surface area (TPSA) is 55.2 Å². The highest BCUT2D eigenvalue weighted by atomic mass is 32.2. The van der Waals surface area contributed by atoms with Gasteiger partial charge in [0.05, 0.1) is 24.0 Å². The van der Waals surface area contributed by atoms with Crippen molar-refractivity contribution in [3.05, 3.63) is 130 Å². The molecule has 1 aliphatic heterocycles. The molecule has 1 aliphatic rings. The van der Waals surface area contributed by atoms with Crippen molar-refractivity contribution < 1.29 is 4.79 Å². The molecule has 0 unspecified atom stereocenters. The minimum atomic E-state index is -0.260. The van der Waals surface area contributed by atoms with Gasteiger partial charge < -0.3 is 4.90 Å². The first-order valence-corrected chi connectivity index (χ1v) is 12.8. The van der Waals surface area contributed by atoms with Crippen LogP contribution in [0.15, 0.2) is 101 Å².